The van der Waals surface area contributed by atoms with Crippen LogP contribution in [0.1, 0.15) is 18.2 Å². The molecule has 0 saturated carbocycles. The van der Waals surface area contributed by atoms with Gasteiger partial charge in [-0.3, -0.25) is 9.48 Å². The topological polar surface area (TPSA) is 96.3 Å². The van der Waals surface area contributed by atoms with Gasteiger partial charge in [0.15, 0.2) is 0 Å². The van der Waals surface area contributed by atoms with E-state index in [9.17, 15) is 9.59 Å². The molecular weight excluding hydrogens is 358 g/mol. The van der Waals surface area contributed by atoms with Crippen molar-refractivity contribution in [3.8, 4) is 11.3 Å². The first kappa shape index (κ1) is 19.8. The molecule has 0 spiro atoms. The minimum atomic E-state index is -0.371. The zero-order chi connectivity index (χ0) is 20.3. The van der Waals surface area contributed by atoms with Gasteiger partial charge in [-0.1, -0.05) is 0 Å². The molecule has 0 aliphatic carbocycles. The average molecular weight is 385 g/mol. The summed E-state index contributed by atoms with van der Waals surface area (Å²) in [6.45, 7) is 3.30. The summed E-state index contributed by atoms with van der Waals surface area (Å²) in [5.41, 5.74) is 3.54. The Kier molecular flexibility index (Phi) is 5.91. The van der Waals surface area contributed by atoms with Crippen molar-refractivity contribution in [3.05, 3.63) is 30.0 Å². The number of fused-ring (bicyclic) bond motifs is 1. The second kappa shape index (κ2) is 8.37. The van der Waals surface area contributed by atoms with E-state index >= 15 is 0 Å². The minimum absolute atomic E-state index is 0.0621. The van der Waals surface area contributed by atoms with Crippen LogP contribution in [0.2, 0.25) is 0 Å². The number of nitrogens with one attached hydrogen (secondary N) is 1. The number of nitrogens with zero attached hydrogens (tertiary/aromatic N) is 6. The predicted molar refractivity (Wildman–Crippen MR) is 104 cm³/mol. The van der Waals surface area contributed by atoms with Gasteiger partial charge in [0.25, 0.3) is 0 Å². The van der Waals surface area contributed by atoms with Crippen molar-refractivity contribution >= 4 is 11.9 Å². The first-order valence-corrected chi connectivity index (χ1v) is 9.46. The predicted octanol–water partition coefficient (Wildman–Crippen LogP) is 0.712. The minimum Gasteiger partial charge on any atom is -0.356 e. The lowest BCUT2D eigenvalue weighted by molar-refractivity contribution is -0.125. The van der Waals surface area contributed by atoms with Crippen LogP contribution in [0.15, 0.2) is 18.7 Å². The fourth-order valence-corrected chi connectivity index (χ4v) is 3.53. The van der Waals surface area contributed by atoms with Crippen molar-refractivity contribution in [2.75, 3.05) is 33.7 Å². The fourth-order valence-electron chi connectivity index (χ4n) is 3.53. The van der Waals surface area contributed by atoms with Gasteiger partial charge >= 0.3 is 6.03 Å². The zero-order valence-corrected chi connectivity index (χ0v) is 16.8. The normalized spacial score (nSPS) is 16.7. The van der Waals surface area contributed by atoms with Gasteiger partial charge < -0.3 is 15.1 Å². The highest BCUT2D eigenvalue weighted by Gasteiger charge is 2.30. The molecule has 0 unspecified atom stereocenters. The van der Waals surface area contributed by atoms with Crippen molar-refractivity contribution < 1.29 is 9.59 Å². The van der Waals surface area contributed by atoms with Gasteiger partial charge in [0, 0.05) is 70.2 Å². The highest BCUT2D eigenvalue weighted by atomic mass is 16.2. The summed E-state index contributed by atoms with van der Waals surface area (Å²) in [4.78, 5) is 37.5. The summed E-state index contributed by atoms with van der Waals surface area (Å²) in [7, 11) is 5.30. The largest absolute Gasteiger partial charge is 0.356 e. The van der Waals surface area contributed by atoms with Gasteiger partial charge in [-0.2, -0.15) is 5.10 Å². The van der Waals surface area contributed by atoms with E-state index in [1.807, 2.05) is 20.2 Å². The standard InChI is InChI=1S/C19H27N7O2/c1-5-20-18(27)13-8-15-16(6-7-26(11-13)19(28)24(2)3)21-12-22-17(15)14-9-23-25(4)10-14/h9-10,12-13H,5-8,11H2,1-4H3,(H,20,27)/t13-/m0/s1. The van der Waals surface area contributed by atoms with E-state index in [2.05, 4.69) is 20.4 Å². The van der Waals surface area contributed by atoms with E-state index in [-0.39, 0.29) is 17.9 Å². The van der Waals surface area contributed by atoms with Crippen LogP contribution in [0, 0.1) is 5.92 Å². The van der Waals surface area contributed by atoms with Crippen LogP contribution < -0.4 is 5.32 Å². The Morgan fingerprint density at radius 2 is 2.11 bits per heavy atom. The monoisotopic (exact) mass is 385 g/mol. The molecule has 0 bridgehead atoms. The Morgan fingerprint density at radius 3 is 2.75 bits per heavy atom. The highest BCUT2D eigenvalue weighted by molar-refractivity contribution is 5.81. The molecular formula is C19H27N7O2. The third kappa shape index (κ3) is 4.13. The first-order chi connectivity index (χ1) is 13.4. The van der Waals surface area contributed by atoms with Crippen LogP contribution in [0.3, 0.4) is 0 Å². The summed E-state index contributed by atoms with van der Waals surface area (Å²) in [5, 5.41) is 7.14. The molecule has 3 amide bonds. The van der Waals surface area contributed by atoms with Crippen molar-refractivity contribution in [1.82, 2.24) is 34.9 Å². The Bertz CT molecular complexity index is 862. The molecule has 1 N–H and O–H groups in total. The van der Waals surface area contributed by atoms with Gasteiger partial charge in [0.1, 0.15) is 6.33 Å². The maximum atomic E-state index is 12.7. The first-order valence-electron chi connectivity index (χ1n) is 9.46. The highest BCUT2D eigenvalue weighted by Crippen LogP contribution is 2.27. The molecule has 3 rings (SSSR count). The maximum absolute atomic E-state index is 12.7. The van der Waals surface area contributed by atoms with Gasteiger partial charge in [-0.05, 0) is 13.3 Å². The summed E-state index contributed by atoms with van der Waals surface area (Å²) < 4.78 is 1.73. The molecule has 1 aliphatic rings. The van der Waals surface area contributed by atoms with E-state index in [1.54, 1.807) is 41.1 Å². The van der Waals surface area contributed by atoms with Crippen LogP contribution >= 0.6 is 0 Å². The third-order valence-electron chi connectivity index (χ3n) is 4.90. The molecule has 2 aromatic heterocycles. The summed E-state index contributed by atoms with van der Waals surface area (Å²) in [6.07, 6.45) is 6.31. The Hall–Kier alpha value is -2.97. The van der Waals surface area contributed by atoms with Crippen LogP contribution in [0.5, 0.6) is 0 Å². The molecule has 0 saturated heterocycles. The second-order valence-electron chi connectivity index (χ2n) is 7.22. The van der Waals surface area contributed by atoms with Crippen molar-refractivity contribution in [2.45, 2.75) is 19.8 Å². The van der Waals surface area contributed by atoms with Crippen molar-refractivity contribution in [2.24, 2.45) is 13.0 Å². The summed E-state index contributed by atoms with van der Waals surface area (Å²) in [5.74, 6) is -0.433. The van der Waals surface area contributed by atoms with E-state index in [1.165, 1.54) is 0 Å². The molecule has 1 aliphatic heterocycles. The van der Waals surface area contributed by atoms with Crippen molar-refractivity contribution in [3.63, 3.8) is 0 Å². The third-order valence-corrected chi connectivity index (χ3v) is 4.90. The van der Waals surface area contributed by atoms with Gasteiger partial charge in [0.05, 0.1) is 17.8 Å². The molecule has 9 nitrogen and oxygen atoms in total. The van der Waals surface area contributed by atoms with Crippen molar-refractivity contribution in [1.29, 1.82) is 0 Å². The molecule has 1 atom stereocenters. The number of carbonyl (C=O) groups excluding carboxylic acids is 2. The smallest absolute Gasteiger partial charge is 0.319 e. The number of carbonyl (C=O) groups is 2. The van der Waals surface area contributed by atoms with E-state index in [0.717, 1.165) is 22.5 Å². The number of aryl methyl sites for hydroxylation is 1. The van der Waals surface area contributed by atoms with E-state index in [4.69, 9.17) is 0 Å². The summed E-state index contributed by atoms with van der Waals surface area (Å²) in [6, 6.07) is -0.0979. The lowest BCUT2D eigenvalue weighted by Crippen LogP contribution is -2.47. The lowest BCUT2D eigenvalue weighted by atomic mass is 9.91. The molecule has 2 aromatic rings. The van der Waals surface area contributed by atoms with Gasteiger partial charge in [0.2, 0.25) is 5.91 Å². The zero-order valence-electron chi connectivity index (χ0n) is 16.8. The number of urea groups is 1. The molecule has 0 fully saturated rings. The van der Waals surface area contributed by atoms with Crippen LogP contribution in [-0.4, -0.2) is 75.2 Å². The number of amides is 3. The number of hydrogen-bond acceptors (Lipinski definition) is 5. The molecule has 28 heavy (non-hydrogen) atoms. The van der Waals surface area contributed by atoms with Crippen LogP contribution in [0.25, 0.3) is 11.3 Å². The van der Waals surface area contributed by atoms with Crippen LogP contribution in [-0.2, 0) is 24.7 Å². The molecule has 0 radical (unpaired) electrons. The number of aromatic nitrogens is 4. The Labute approximate surface area is 164 Å². The second-order valence-corrected chi connectivity index (χ2v) is 7.22. The quantitative estimate of drug-likeness (QED) is 0.840. The molecule has 9 heteroatoms. The Balaban J connectivity index is 2.01. The Morgan fingerprint density at radius 1 is 1.32 bits per heavy atom. The van der Waals surface area contributed by atoms with E-state index < -0.39 is 0 Å². The van der Waals surface area contributed by atoms with Gasteiger partial charge in [-0.25, -0.2) is 14.8 Å². The maximum Gasteiger partial charge on any atom is 0.319 e. The molecule has 150 valence electrons. The molecule has 0 aromatic carbocycles. The summed E-state index contributed by atoms with van der Waals surface area (Å²) >= 11 is 0. The number of rotatable bonds is 3. The lowest BCUT2D eigenvalue weighted by Gasteiger charge is -2.32. The van der Waals surface area contributed by atoms with Gasteiger partial charge in [-0.15, -0.1) is 0 Å². The SMILES string of the molecule is CCNC(=O)[C@H]1Cc2c(ncnc2-c2cnn(C)c2)CCN(C(=O)N(C)C)C1. The number of hydrogen-bond donors (Lipinski definition) is 1. The van der Waals surface area contributed by atoms with E-state index in [0.29, 0.717) is 32.5 Å². The van der Waals surface area contributed by atoms with Crippen LogP contribution in [0.4, 0.5) is 4.79 Å². The molecule has 3 heterocycles. The average Bonchev–Trinajstić information content (AvgIpc) is 3.07. The fraction of sp³-hybridized carbons (Fsp3) is 0.526.